The fourth-order valence-electron chi connectivity index (χ4n) is 2.25. The topological polar surface area (TPSA) is 73.6 Å². The zero-order chi connectivity index (χ0) is 14.7. The first-order valence-corrected chi connectivity index (χ1v) is 6.60. The van der Waals surface area contributed by atoms with Crippen molar-refractivity contribution >= 4 is 11.4 Å². The number of rotatable bonds is 4. The van der Waals surface area contributed by atoms with Gasteiger partial charge in [0.25, 0.3) is 5.69 Å². The van der Waals surface area contributed by atoms with Gasteiger partial charge < -0.3 is 14.8 Å². The molecule has 0 aromatic heterocycles. The van der Waals surface area contributed by atoms with Gasteiger partial charge in [-0.15, -0.1) is 0 Å². The molecule has 21 heavy (non-hydrogen) atoms. The normalized spacial score (nSPS) is 12.8. The molecule has 0 amide bonds. The van der Waals surface area contributed by atoms with Crippen LogP contribution in [0.4, 0.5) is 11.4 Å². The molecule has 0 atom stereocenters. The predicted octanol–water partition coefficient (Wildman–Crippen LogP) is 2.98. The number of benzene rings is 2. The van der Waals surface area contributed by atoms with Gasteiger partial charge in [0.1, 0.15) is 18.9 Å². The molecule has 1 heterocycles. The first-order valence-electron chi connectivity index (χ1n) is 6.60. The van der Waals surface area contributed by atoms with Crippen molar-refractivity contribution in [2.45, 2.75) is 6.54 Å². The maximum atomic E-state index is 11.0. The first-order chi connectivity index (χ1) is 10.3. The van der Waals surface area contributed by atoms with Crippen LogP contribution in [0.2, 0.25) is 0 Å². The van der Waals surface area contributed by atoms with E-state index in [1.54, 1.807) is 18.2 Å². The van der Waals surface area contributed by atoms with Crippen LogP contribution in [0.15, 0.2) is 42.5 Å². The molecule has 6 heteroatoms. The molecule has 1 aliphatic rings. The predicted molar refractivity (Wildman–Crippen MR) is 77.9 cm³/mol. The summed E-state index contributed by atoms with van der Waals surface area (Å²) in [5, 5.41) is 14.1. The molecule has 0 radical (unpaired) electrons. The second kappa shape index (κ2) is 5.70. The summed E-state index contributed by atoms with van der Waals surface area (Å²) in [6, 6.07) is 12.2. The molecule has 0 spiro atoms. The van der Waals surface area contributed by atoms with E-state index >= 15 is 0 Å². The Labute approximate surface area is 121 Å². The third-order valence-corrected chi connectivity index (χ3v) is 3.22. The largest absolute Gasteiger partial charge is 0.486 e. The summed E-state index contributed by atoms with van der Waals surface area (Å²) < 4.78 is 11.1. The van der Waals surface area contributed by atoms with E-state index in [0.29, 0.717) is 36.9 Å². The van der Waals surface area contributed by atoms with Crippen LogP contribution in [-0.4, -0.2) is 18.1 Å². The van der Waals surface area contributed by atoms with Crippen molar-refractivity contribution in [3.8, 4) is 11.5 Å². The van der Waals surface area contributed by atoms with Crippen molar-refractivity contribution in [3.05, 3.63) is 58.1 Å². The van der Waals surface area contributed by atoms with Crippen LogP contribution in [-0.2, 0) is 6.54 Å². The van der Waals surface area contributed by atoms with Gasteiger partial charge in [0.15, 0.2) is 11.5 Å². The van der Waals surface area contributed by atoms with Gasteiger partial charge in [0.05, 0.1) is 4.92 Å². The lowest BCUT2D eigenvalue weighted by atomic mass is 10.1. The summed E-state index contributed by atoms with van der Waals surface area (Å²) in [6.45, 7) is 1.47. The number of nitro benzene ring substituents is 1. The number of fused-ring (bicyclic) bond motifs is 1. The number of anilines is 1. The molecule has 0 saturated heterocycles. The van der Waals surface area contributed by atoms with Crippen molar-refractivity contribution in [1.29, 1.82) is 0 Å². The van der Waals surface area contributed by atoms with Crippen LogP contribution < -0.4 is 14.8 Å². The van der Waals surface area contributed by atoms with Crippen LogP contribution in [0.25, 0.3) is 0 Å². The molecule has 2 aromatic carbocycles. The van der Waals surface area contributed by atoms with Gasteiger partial charge in [0, 0.05) is 18.2 Å². The number of hydrogen-bond acceptors (Lipinski definition) is 5. The lowest BCUT2D eigenvalue weighted by Gasteiger charge is -2.21. The van der Waals surface area contributed by atoms with E-state index in [-0.39, 0.29) is 5.69 Å². The minimum atomic E-state index is -0.400. The Bertz CT molecular complexity index is 672. The highest BCUT2D eigenvalue weighted by Gasteiger charge is 2.17. The van der Waals surface area contributed by atoms with Crippen molar-refractivity contribution in [1.82, 2.24) is 0 Å². The molecule has 0 unspecified atom stereocenters. The molecule has 6 nitrogen and oxygen atoms in total. The van der Waals surface area contributed by atoms with E-state index in [4.69, 9.17) is 9.47 Å². The van der Waals surface area contributed by atoms with Crippen molar-refractivity contribution in [3.63, 3.8) is 0 Å². The SMILES string of the molecule is O=[N+]([O-])c1ccccc1NCc1cccc2c1OCCO2. The van der Waals surface area contributed by atoms with E-state index in [0.717, 1.165) is 5.56 Å². The number of hydrogen-bond donors (Lipinski definition) is 1. The highest BCUT2D eigenvalue weighted by Crippen LogP contribution is 2.34. The first kappa shape index (κ1) is 13.2. The van der Waals surface area contributed by atoms with E-state index in [1.165, 1.54) is 6.07 Å². The lowest BCUT2D eigenvalue weighted by Crippen LogP contribution is -2.17. The molecule has 2 aromatic rings. The van der Waals surface area contributed by atoms with Crippen LogP contribution in [0.3, 0.4) is 0 Å². The number of para-hydroxylation sites is 3. The van der Waals surface area contributed by atoms with Crippen LogP contribution in [0.1, 0.15) is 5.56 Å². The molecule has 1 aliphatic heterocycles. The maximum absolute atomic E-state index is 11.0. The van der Waals surface area contributed by atoms with Crippen molar-refractivity contribution in [2.75, 3.05) is 18.5 Å². The van der Waals surface area contributed by atoms with Gasteiger partial charge in [0.2, 0.25) is 0 Å². The minimum absolute atomic E-state index is 0.0551. The fourth-order valence-corrected chi connectivity index (χ4v) is 2.25. The standard InChI is InChI=1S/C15H14N2O4/c18-17(19)13-6-2-1-5-12(13)16-10-11-4-3-7-14-15(11)21-9-8-20-14/h1-7,16H,8-10H2. The zero-order valence-electron chi connectivity index (χ0n) is 11.2. The molecule has 0 bridgehead atoms. The average Bonchev–Trinajstić information content (AvgIpc) is 2.53. The lowest BCUT2D eigenvalue weighted by molar-refractivity contribution is -0.384. The Balaban J connectivity index is 1.81. The molecule has 3 rings (SSSR count). The monoisotopic (exact) mass is 286 g/mol. The quantitative estimate of drug-likeness (QED) is 0.691. The molecule has 0 aliphatic carbocycles. The average molecular weight is 286 g/mol. The number of nitro groups is 1. The Hall–Kier alpha value is -2.76. The minimum Gasteiger partial charge on any atom is -0.486 e. The molecule has 0 saturated carbocycles. The molecule has 108 valence electrons. The molecule has 0 fully saturated rings. The van der Waals surface area contributed by atoms with Gasteiger partial charge in [-0.2, -0.15) is 0 Å². The second-order valence-electron chi connectivity index (χ2n) is 4.57. The highest BCUT2D eigenvalue weighted by atomic mass is 16.6. The summed E-state index contributed by atoms with van der Waals surface area (Å²) in [4.78, 5) is 10.6. The summed E-state index contributed by atoms with van der Waals surface area (Å²) in [5.74, 6) is 1.41. The van der Waals surface area contributed by atoms with Crippen molar-refractivity contribution in [2.24, 2.45) is 0 Å². The van der Waals surface area contributed by atoms with E-state index in [2.05, 4.69) is 5.32 Å². The van der Waals surface area contributed by atoms with Crippen LogP contribution >= 0.6 is 0 Å². The Morgan fingerprint density at radius 3 is 2.76 bits per heavy atom. The van der Waals surface area contributed by atoms with Crippen LogP contribution in [0, 0.1) is 10.1 Å². The van der Waals surface area contributed by atoms with Crippen LogP contribution in [0.5, 0.6) is 11.5 Å². The van der Waals surface area contributed by atoms with Gasteiger partial charge >= 0.3 is 0 Å². The van der Waals surface area contributed by atoms with Gasteiger partial charge in [-0.25, -0.2) is 0 Å². The van der Waals surface area contributed by atoms with Crippen molar-refractivity contribution < 1.29 is 14.4 Å². The number of ether oxygens (including phenoxy) is 2. The highest BCUT2D eigenvalue weighted by molar-refractivity contribution is 5.61. The van der Waals surface area contributed by atoms with E-state index < -0.39 is 4.92 Å². The Morgan fingerprint density at radius 1 is 1.10 bits per heavy atom. The van der Waals surface area contributed by atoms with Gasteiger partial charge in [-0.3, -0.25) is 10.1 Å². The Kier molecular flexibility index (Phi) is 3.59. The third-order valence-electron chi connectivity index (χ3n) is 3.22. The molecular formula is C15H14N2O4. The maximum Gasteiger partial charge on any atom is 0.292 e. The zero-order valence-corrected chi connectivity index (χ0v) is 11.2. The van der Waals surface area contributed by atoms with Gasteiger partial charge in [-0.1, -0.05) is 24.3 Å². The summed E-state index contributed by atoms with van der Waals surface area (Å²) in [6.07, 6.45) is 0. The number of nitrogens with zero attached hydrogens (tertiary/aromatic N) is 1. The molecule has 1 N–H and O–H groups in total. The second-order valence-corrected chi connectivity index (χ2v) is 4.57. The summed E-state index contributed by atoms with van der Waals surface area (Å²) in [7, 11) is 0. The van der Waals surface area contributed by atoms with E-state index in [1.807, 2.05) is 18.2 Å². The Morgan fingerprint density at radius 2 is 1.90 bits per heavy atom. The fraction of sp³-hybridized carbons (Fsp3) is 0.200. The smallest absolute Gasteiger partial charge is 0.292 e. The third kappa shape index (κ3) is 2.74. The number of nitrogens with one attached hydrogen (secondary N) is 1. The van der Waals surface area contributed by atoms with E-state index in [9.17, 15) is 10.1 Å². The summed E-state index contributed by atoms with van der Waals surface area (Å²) >= 11 is 0. The van der Waals surface area contributed by atoms with Gasteiger partial charge in [-0.05, 0) is 12.1 Å². The summed E-state index contributed by atoms with van der Waals surface area (Å²) in [5.41, 5.74) is 1.45. The molecular weight excluding hydrogens is 272 g/mol.